The number of halogens is 1. The van der Waals surface area contributed by atoms with Gasteiger partial charge in [0, 0.05) is 11.1 Å². The highest BCUT2D eigenvalue weighted by Crippen LogP contribution is 2.18. The van der Waals surface area contributed by atoms with E-state index in [9.17, 15) is 4.79 Å². The molecular formula is C11H13BrN2O2. The quantitative estimate of drug-likeness (QED) is 0.907. The van der Waals surface area contributed by atoms with E-state index in [1.54, 1.807) is 6.07 Å². The standard InChI is InChI=1S/C11H13BrN2O2/c1-7-8(12)4-5-10(13-7)14-11(15)9-3-2-6-16-9/h4-5,9H,2-3,6H2,1H3,(H,13,14,15)/t9-/m0/s1. The van der Waals surface area contributed by atoms with E-state index in [0.717, 1.165) is 23.0 Å². The zero-order valence-corrected chi connectivity index (χ0v) is 10.6. The fourth-order valence-corrected chi connectivity index (χ4v) is 1.83. The van der Waals surface area contributed by atoms with Crippen LogP contribution in [-0.4, -0.2) is 23.6 Å². The number of nitrogens with zero attached hydrogens (tertiary/aromatic N) is 1. The second kappa shape index (κ2) is 4.93. The van der Waals surface area contributed by atoms with E-state index in [0.29, 0.717) is 12.4 Å². The van der Waals surface area contributed by atoms with Gasteiger partial charge in [-0.05, 0) is 47.8 Å². The average molecular weight is 285 g/mol. The van der Waals surface area contributed by atoms with Crippen molar-refractivity contribution in [2.24, 2.45) is 0 Å². The Hall–Kier alpha value is -0.940. The number of aryl methyl sites for hydroxylation is 1. The first kappa shape index (κ1) is 11.5. The summed E-state index contributed by atoms with van der Waals surface area (Å²) in [5.74, 6) is 0.466. The minimum Gasteiger partial charge on any atom is -0.368 e. The first-order valence-corrected chi connectivity index (χ1v) is 6.02. The monoisotopic (exact) mass is 284 g/mol. The summed E-state index contributed by atoms with van der Waals surface area (Å²) in [6.07, 6.45) is 1.43. The number of pyridine rings is 1. The van der Waals surface area contributed by atoms with Crippen LogP contribution in [0.5, 0.6) is 0 Å². The third kappa shape index (κ3) is 2.59. The molecule has 1 aromatic rings. The van der Waals surface area contributed by atoms with Crippen LogP contribution in [0.2, 0.25) is 0 Å². The van der Waals surface area contributed by atoms with Gasteiger partial charge in [0.15, 0.2) is 0 Å². The van der Waals surface area contributed by atoms with Crippen LogP contribution in [0.1, 0.15) is 18.5 Å². The SMILES string of the molecule is Cc1nc(NC(=O)[C@@H]2CCCO2)ccc1Br. The van der Waals surface area contributed by atoms with E-state index in [4.69, 9.17) is 4.74 Å². The number of hydrogen-bond donors (Lipinski definition) is 1. The number of nitrogens with one attached hydrogen (secondary N) is 1. The van der Waals surface area contributed by atoms with E-state index in [1.165, 1.54) is 0 Å². The molecule has 0 aromatic carbocycles. The first-order valence-electron chi connectivity index (χ1n) is 5.22. The van der Waals surface area contributed by atoms with Gasteiger partial charge in [-0.1, -0.05) is 0 Å². The molecule has 0 radical (unpaired) electrons. The van der Waals surface area contributed by atoms with Crippen molar-refractivity contribution in [3.63, 3.8) is 0 Å². The van der Waals surface area contributed by atoms with Gasteiger partial charge in [-0.3, -0.25) is 4.79 Å². The average Bonchev–Trinajstić information content (AvgIpc) is 2.77. The lowest BCUT2D eigenvalue weighted by molar-refractivity contribution is -0.124. The van der Waals surface area contributed by atoms with Crippen LogP contribution in [0.25, 0.3) is 0 Å². The molecule has 0 aliphatic carbocycles. The van der Waals surface area contributed by atoms with Gasteiger partial charge in [-0.25, -0.2) is 4.98 Å². The molecule has 0 unspecified atom stereocenters. The van der Waals surface area contributed by atoms with Crippen molar-refractivity contribution in [2.75, 3.05) is 11.9 Å². The Labute approximate surface area is 103 Å². The molecule has 1 fully saturated rings. The molecule has 0 spiro atoms. The Morgan fingerprint density at radius 1 is 1.62 bits per heavy atom. The molecule has 5 heteroatoms. The molecule has 2 heterocycles. The maximum absolute atomic E-state index is 11.7. The molecule has 1 aliphatic heterocycles. The summed E-state index contributed by atoms with van der Waals surface area (Å²) in [5.41, 5.74) is 0.852. The van der Waals surface area contributed by atoms with Crippen molar-refractivity contribution in [2.45, 2.75) is 25.9 Å². The third-order valence-corrected chi connectivity index (χ3v) is 3.33. The molecule has 1 amide bonds. The van der Waals surface area contributed by atoms with Gasteiger partial charge in [0.1, 0.15) is 11.9 Å². The summed E-state index contributed by atoms with van der Waals surface area (Å²) in [6.45, 7) is 2.55. The van der Waals surface area contributed by atoms with Crippen LogP contribution in [-0.2, 0) is 9.53 Å². The highest BCUT2D eigenvalue weighted by molar-refractivity contribution is 9.10. The van der Waals surface area contributed by atoms with Crippen LogP contribution in [0, 0.1) is 6.92 Å². The lowest BCUT2D eigenvalue weighted by Gasteiger charge is -2.10. The summed E-state index contributed by atoms with van der Waals surface area (Å²) < 4.78 is 6.22. The molecule has 1 N–H and O–H groups in total. The molecule has 16 heavy (non-hydrogen) atoms. The Morgan fingerprint density at radius 3 is 3.06 bits per heavy atom. The number of carbonyl (C=O) groups is 1. The Morgan fingerprint density at radius 2 is 2.44 bits per heavy atom. The van der Waals surface area contributed by atoms with E-state index in [-0.39, 0.29) is 12.0 Å². The summed E-state index contributed by atoms with van der Waals surface area (Å²) in [7, 11) is 0. The third-order valence-electron chi connectivity index (χ3n) is 2.49. The number of hydrogen-bond acceptors (Lipinski definition) is 3. The van der Waals surface area contributed by atoms with E-state index >= 15 is 0 Å². The van der Waals surface area contributed by atoms with E-state index in [2.05, 4.69) is 26.2 Å². The zero-order chi connectivity index (χ0) is 11.5. The number of rotatable bonds is 2. The zero-order valence-electron chi connectivity index (χ0n) is 9.00. The Balaban J connectivity index is 2.02. The molecule has 1 aromatic heterocycles. The van der Waals surface area contributed by atoms with Crippen LogP contribution in [0.15, 0.2) is 16.6 Å². The van der Waals surface area contributed by atoms with Crippen LogP contribution < -0.4 is 5.32 Å². The maximum Gasteiger partial charge on any atom is 0.254 e. The van der Waals surface area contributed by atoms with Crippen molar-refractivity contribution >= 4 is 27.7 Å². The normalized spacial score (nSPS) is 19.8. The molecule has 1 atom stereocenters. The second-order valence-corrected chi connectivity index (χ2v) is 4.61. The summed E-state index contributed by atoms with van der Waals surface area (Å²) >= 11 is 3.36. The van der Waals surface area contributed by atoms with Crippen molar-refractivity contribution in [1.29, 1.82) is 0 Å². The summed E-state index contributed by atoms with van der Waals surface area (Å²) in [6, 6.07) is 3.64. The second-order valence-electron chi connectivity index (χ2n) is 3.75. The number of anilines is 1. The van der Waals surface area contributed by atoms with Gasteiger partial charge in [0.05, 0.1) is 5.69 Å². The van der Waals surface area contributed by atoms with Crippen LogP contribution in [0.4, 0.5) is 5.82 Å². The van der Waals surface area contributed by atoms with Crippen molar-refractivity contribution in [3.8, 4) is 0 Å². The highest BCUT2D eigenvalue weighted by atomic mass is 79.9. The van der Waals surface area contributed by atoms with Crippen molar-refractivity contribution < 1.29 is 9.53 Å². The van der Waals surface area contributed by atoms with Gasteiger partial charge in [0.25, 0.3) is 5.91 Å². The van der Waals surface area contributed by atoms with Crippen LogP contribution >= 0.6 is 15.9 Å². The smallest absolute Gasteiger partial charge is 0.254 e. The minimum absolute atomic E-state index is 0.105. The number of carbonyl (C=O) groups excluding carboxylic acids is 1. The lowest BCUT2D eigenvalue weighted by atomic mass is 10.2. The number of aromatic nitrogens is 1. The van der Waals surface area contributed by atoms with E-state index in [1.807, 2.05) is 13.0 Å². The van der Waals surface area contributed by atoms with Gasteiger partial charge < -0.3 is 10.1 Å². The van der Waals surface area contributed by atoms with Gasteiger partial charge >= 0.3 is 0 Å². The summed E-state index contributed by atoms with van der Waals surface area (Å²) in [5, 5.41) is 2.76. The largest absolute Gasteiger partial charge is 0.368 e. The minimum atomic E-state index is -0.314. The Bertz CT molecular complexity index is 403. The van der Waals surface area contributed by atoms with Crippen molar-refractivity contribution in [3.05, 3.63) is 22.3 Å². The predicted molar refractivity (Wildman–Crippen MR) is 64.3 cm³/mol. The fourth-order valence-electron chi connectivity index (χ4n) is 1.60. The first-order chi connectivity index (χ1) is 7.66. The molecule has 0 saturated carbocycles. The maximum atomic E-state index is 11.7. The molecule has 86 valence electrons. The predicted octanol–water partition coefficient (Wildman–Crippen LogP) is 2.27. The van der Waals surface area contributed by atoms with E-state index < -0.39 is 0 Å². The topological polar surface area (TPSA) is 51.2 Å². The molecular weight excluding hydrogens is 272 g/mol. The summed E-state index contributed by atoms with van der Waals surface area (Å²) in [4.78, 5) is 16.0. The van der Waals surface area contributed by atoms with Gasteiger partial charge in [-0.15, -0.1) is 0 Å². The Kier molecular flexibility index (Phi) is 3.56. The molecule has 4 nitrogen and oxygen atoms in total. The van der Waals surface area contributed by atoms with Gasteiger partial charge in [0.2, 0.25) is 0 Å². The molecule has 0 bridgehead atoms. The molecule has 1 saturated heterocycles. The van der Waals surface area contributed by atoms with Gasteiger partial charge in [-0.2, -0.15) is 0 Å². The van der Waals surface area contributed by atoms with Crippen LogP contribution in [0.3, 0.4) is 0 Å². The number of amides is 1. The highest BCUT2D eigenvalue weighted by Gasteiger charge is 2.23. The molecule has 1 aliphatic rings. The van der Waals surface area contributed by atoms with Crippen molar-refractivity contribution in [1.82, 2.24) is 4.98 Å². The number of ether oxygens (including phenoxy) is 1. The molecule has 2 rings (SSSR count). The fraction of sp³-hybridized carbons (Fsp3) is 0.455. The lowest BCUT2D eigenvalue weighted by Crippen LogP contribution is -2.27.